The van der Waals surface area contributed by atoms with Crippen LogP contribution in [0.1, 0.15) is 16.2 Å². The molecule has 19 heavy (non-hydrogen) atoms. The van der Waals surface area contributed by atoms with Crippen LogP contribution in [0.25, 0.3) is 0 Å². The van der Waals surface area contributed by atoms with Crippen LogP contribution in [0.2, 0.25) is 0 Å². The molecule has 0 unspecified atom stereocenters. The molecule has 7 heteroatoms. The molecule has 0 N–H and O–H groups in total. The highest BCUT2D eigenvalue weighted by molar-refractivity contribution is 5.87. The fraction of sp³-hybridized carbons (Fsp3) is 0.0833. The van der Waals surface area contributed by atoms with Crippen molar-refractivity contribution in [2.45, 2.75) is 6.92 Å². The maximum atomic E-state index is 11.7. The number of carbonyl (C=O) groups is 1. The van der Waals surface area contributed by atoms with Gasteiger partial charge in [0.2, 0.25) is 5.82 Å². The van der Waals surface area contributed by atoms with Gasteiger partial charge in [-0.1, -0.05) is 0 Å². The molecular formula is C12H9N3O4. The molecule has 0 atom stereocenters. The largest absolute Gasteiger partial charge is 0.420 e. The van der Waals surface area contributed by atoms with Crippen LogP contribution < -0.4 is 4.74 Å². The molecule has 0 radical (unpaired) electrons. The Morgan fingerprint density at radius 3 is 2.58 bits per heavy atom. The van der Waals surface area contributed by atoms with E-state index in [0.29, 0.717) is 5.56 Å². The van der Waals surface area contributed by atoms with E-state index >= 15 is 0 Å². The van der Waals surface area contributed by atoms with E-state index in [-0.39, 0.29) is 17.3 Å². The summed E-state index contributed by atoms with van der Waals surface area (Å²) in [5.41, 5.74) is 0.423. The first-order valence-electron chi connectivity index (χ1n) is 5.32. The van der Waals surface area contributed by atoms with Gasteiger partial charge in [-0.15, -0.1) is 0 Å². The van der Waals surface area contributed by atoms with Crippen molar-refractivity contribution in [2.24, 2.45) is 0 Å². The van der Waals surface area contributed by atoms with Crippen molar-refractivity contribution in [3.8, 4) is 5.75 Å². The second kappa shape index (κ2) is 5.21. The molecule has 96 valence electrons. The van der Waals surface area contributed by atoms with Crippen LogP contribution in [-0.2, 0) is 0 Å². The van der Waals surface area contributed by atoms with Gasteiger partial charge in [0.15, 0.2) is 0 Å². The third-order valence-electron chi connectivity index (χ3n) is 2.32. The van der Waals surface area contributed by atoms with E-state index in [1.54, 1.807) is 13.0 Å². The van der Waals surface area contributed by atoms with Crippen molar-refractivity contribution in [1.82, 2.24) is 9.97 Å². The first-order chi connectivity index (χ1) is 9.08. The third-order valence-corrected chi connectivity index (χ3v) is 2.32. The number of esters is 1. The summed E-state index contributed by atoms with van der Waals surface area (Å²) < 4.78 is 5.08. The minimum absolute atomic E-state index is 0.0618. The summed E-state index contributed by atoms with van der Waals surface area (Å²) in [7, 11) is 0. The van der Waals surface area contributed by atoms with Crippen LogP contribution in [0.5, 0.6) is 5.75 Å². The summed E-state index contributed by atoms with van der Waals surface area (Å²) >= 11 is 0. The number of carbonyl (C=O) groups excluding carboxylic acids is 1. The van der Waals surface area contributed by atoms with E-state index in [2.05, 4.69) is 9.97 Å². The quantitative estimate of drug-likeness (QED) is 0.361. The highest BCUT2D eigenvalue weighted by Crippen LogP contribution is 2.23. The first kappa shape index (κ1) is 12.6. The normalized spacial score (nSPS) is 9.95. The van der Waals surface area contributed by atoms with E-state index in [4.69, 9.17) is 4.74 Å². The van der Waals surface area contributed by atoms with Gasteiger partial charge in [0.05, 0.1) is 4.92 Å². The number of hydrogen-bond acceptors (Lipinski definition) is 6. The smallest absolute Gasteiger partial charge is 0.381 e. The van der Waals surface area contributed by atoms with Crippen molar-refractivity contribution >= 4 is 11.7 Å². The zero-order chi connectivity index (χ0) is 13.8. The molecule has 2 rings (SSSR count). The number of non-ortho nitro benzene ring substituents is 1. The number of ether oxygens (including phenoxy) is 1. The molecule has 0 aliphatic heterocycles. The maximum Gasteiger partial charge on any atom is 0.381 e. The van der Waals surface area contributed by atoms with Crippen LogP contribution in [-0.4, -0.2) is 20.9 Å². The number of aromatic nitrogens is 2. The predicted octanol–water partition coefficient (Wildman–Crippen LogP) is 1.91. The number of rotatable bonds is 3. The fourth-order valence-corrected chi connectivity index (χ4v) is 1.41. The van der Waals surface area contributed by atoms with E-state index < -0.39 is 10.9 Å². The highest BCUT2D eigenvalue weighted by atomic mass is 16.6. The second-order valence-corrected chi connectivity index (χ2v) is 3.67. The lowest BCUT2D eigenvalue weighted by molar-refractivity contribution is -0.384. The Morgan fingerprint density at radius 2 is 2.00 bits per heavy atom. The number of aryl methyl sites for hydroxylation is 1. The molecule has 0 saturated heterocycles. The van der Waals surface area contributed by atoms with E-state index in [1.165, 1.54) is 30.6 Å². The van der Waals surface area contributed by atoms with Crippen molar-refractivity contribution < 1.29 is 14.5 Å². The minimum Gasteiger partial charge on any atom is -0.420 e. The molecule has 0 aliphatic carbocycles. The first-order valence-corrected chi connectivity index (χ1v) is 5.32. The van der Waals surface area contributed by atoms with Gasteiger partial charge in [0, 0.05) is 24.5 Å². The summed E-state index contributed by atoms with van der Waals surface area (Å²) in [4.78, 5) is 29.3. The number of nitrogens with zero attached hydrogens (tertiary/aromatic N) is 3. The molecule has 0 spiro atoms. The monoisotopic (exact) mass is 259 g/mol. The summed E-state index contributed by atoms with van der Waals surface area (Å²) in [5, 5.41) is 10.6. The lowest BCUT2D eigenvalue weighted by Crippen LogP contribution is -2.12. The van der Waals surface area contributed by atoms with Gasteiger partial charge in [0.1, 0.15) is 5.75 Å². The Morgan fingerprint density at radius 1 is 1.32 bits per heavy atom. The summed E-state index contributed by atoms with van der Waals surface area (Å²) in [5.74, 6) is -0.541. The molecule has 1 aromatic heterocycles. The summed E-state index contributed by atoms with van der Waals surface area (Å²) in [6.07, 6.45) is 2.85. The Bertz CT molecular complexity index is 628. The van der Waals surface area contributed by atoms with Crippen LogP contribution in [0.15, 0.2) is 36.7 Å². The second-order valence-electron chi connectivity index (χ2n) is 3.67. The molecule has 7 nitrogen and oxygen atoms in total. The van der Waals surface area contributed by atoms with Gasteiger partial charge in [0.25, 0.3) is 5.69 Å². The Hall–Kier alpha value is -2.83. The lowest BCUT2D eigenvalue weighted by atomic mass is 10.2. The molecule has 0 fully saturated rings. The molecule has 0 aliphatic rings. The Labute approximate surface area is 108 Å². The summed E-state index contributed by atoms with van der Waals surface area (Å²) in [6.45, 7) is 1.61. The summed E-state index contributed by atoms with van der Waals surface area (Å²) in [6, 6.07) is 5.54. The van der Waals surface area contributed by atoms with Gasteiger partial charge in [-0.2, -0.15) is 0 Å². The van der Waals surface area contributed by atoms with Crippen molar-refractivity contribution in [2.75, 3.05) is 0 Å². The van der Waals surface area contributed by atoms with Crippen LogP contribution >= 0.6 is 0 Å². The minimum atomic E-state index is -0.711. The highest BCUT2D eigenvalue weighted by Gasteiger charge is 2.14. The average Bonchev–Trinajstić information content (AvgIpc) is 2.41. The maximum absolute atomic E-state index is 11.7. The van der Waals surface area contributed by atoms with Gasteiger partial charge in [-0.25, -0.2) is 14.8 Å². The number of nitro groups is 1. The molecule has 1 heterocycles. The van der Waals surface area contributed by atoms with E-state index in [9.17, 15) is 14.9 Å². The average molecular weight is 259 g/mol. The van der Waals surface area contributed by atoms with Crippen molar-refractivity contribution in [1.29, 1.82) is 0 Å². The van der Waals surface area contributed by atoms with Gasteiger partial charge in [-0.3, -0.25) is 10.1 Å². The van der Waals surface area contributed by atoms with Gasteiger partial charge in [-0.05, 0) is 24.6 Å². The van der Waals surface area contributed by atoms with Gasteiger partial charge >= 0.3 is 5.97 Å². The molecule has 2 aromatic rings. The third kappa shape index (κ3) is 2.89. The van der Waals surface area contributed by atoms with E-state index in [0.717, 1.165) is 0 Å². The topological polar surface area (TPSA) is 95.2 Å². The fourth-order valence-electron chi connectivity index (χ4n) is 1.41. The Balaban J connectivity index is 2.20. The van der Waals surface area contributed by atoms with Crippen molar-refractivity contribution in [3.05, 3.63) is 58.2 Å². The number of hydrogen-bond donors (Lipinski definition) is 0. The standard InChI is InChI=1S/C12H9N3O4/c1-8-7-9(15(17)18)3-4-10(8)19-12(16)11-13-5-2-6-14-11/h2-7H,1H3. The zero-order valence-corrected chi connectivity index (χ0v) is 9.94. The van der Waals surface area contributed by atoms with Crippen LogP contribution in [0.3, 0.4) is 0 Å². The number of benzene rings is 1. The van der Waals surface area contributed by atoms with Gasteiger partial charge < -0.3 is 4.74 Å². The molecule has 1 aromatic carbocycles. The predicted molar refractivity (Wildman–Crippen MR) is 64.8 cm³/mol. The molecule has 0 amide bonds. The molecule has 0 saturated carbocycles. The van der Waals surface area contributed by atoms with Crippen molar-refractivity contribution in [3.63, 3.8) is 0 Å². The van der Waals surface area contributed by atoms with E-state index in [1.807, 2.05) is 0 Å². The lowest BCUT2D eigenvalue weighted by Gasteiger charge is -2.05. The molecule has 0 bridgehead atoms. The molecular weight excluding hydrogens is 250 g/mol. The zero-order valence-electron chi connectivity index (χ0n) is 9.94. The SMILES string of the molecule is Cc1cc([N+](=O)[O-])ccc1OC(=O)c1ncccn1. The van der Waals surface area contributed by atoms with Crippen LogP contribution in [0, 0.1) is 17.0 Å². The van der Waals surface area contributed by atoms with Crippen LogP contribution in [0.4, 0.5) is 5.69 Å². The number of nitro benzene ring substituents is 1. The Kier molecular flexibility index (Phi) is 3.46.